The molecule has 2 amide bonds. The van der Waals surface area contributed by atoms with Gasteiger partial charge < -0.3 is 10.2 Å². The second-order valence-corrected chi connectivity index (χ2v) is 8.87. The summed E-state index contributed by atoms with van der Waals surface area (Å²) in [5, 5.41) is 3.87. The molecule has 0 spiro atoms. The Morgan fingerprint density at radius 3 is 2.47 bits per heavy atom. The quantitative estimate of drug-likeness (QED) is 0.504. The van der Waals surface area contributed by atoms with Crippen molar-refractivity contribution >= 4 is 46.8 Å². The van der Waals surface area contributed by atoms with Crippen molar-refractivity contribution in [3.05, 3.63) is 69.2 Å². The number of nitrogens with zero attached hydrogens (tertiary/aromatic N) is 1. The van der Waals surface area contributed by atoms with Crippen LogP contribution in [0.15, 0.2) is 42.5 Å². The highest BCUT2D eigenvalue weighted by Crippen LogP contribution is 2.25. The molecule has 0 aliphatic rings. The molecule has 30 heavy (non-hydrogen) atoms. The van der Waals surface area contributed by atoms with Gasteiger partial charge in [0, 0.05) is 18.8 Å². The van der Waals surface area contributed by atoms with E-state index in [9.17, 15) is 9.59 Å². The van der Waals surface area contributed by atoms with E-state index in [1.54, 1.807) is 11.0 Å². The van der Waals surface area contributed by atoms with Gasteiger partial charge in [0.15, 0.2) is 0 Å². The van der Waals surface area contributed by atoms with E-state index in [0.29, 0.717) is 35.3 Å². The van der Waals surface area contributed by atoms with Crippen LogP contribution in [0.1, 0.15) is 37.0 Å². The molecule has 0 unspecified atom stereocenters. The smallest absolute Gasteiger partial charge is 0.242 e. The fourth-order valence-corrected chi connectivity index (χ4v) is 4.37. The molecular formula is C23H28Cl2N2O2S. The summed E-state index contributed by atoms with van der Waals surface area (Å²) in [7, 11) is 0. The van der Waals surface area contributed by atoms with Gasteiger partial charge in [-0.25, -0.2) is 0 Å². The summed E-state index contributed by atoms with van der Waals surface area (Å²) in [5.41, 5.74) is 3.14. The molecule has 2 rings (SSSR count). The van der Waals surface area contributed by atoms with Crippen molar-refractivity contribution in [3.8, 4) is 0 Å². The van der Waals surface area contributed by atoms with E-state index in [1.807, 2.05) is 57.2 Å². The summed E-state index contributed by atoms with van der Waals surface area (Å²) in [6, 6.07) is 13.0. The monoisotopic (exact) mass is 466 g/mol. The number of likely N-dealkylation sites (N-methyl/N-ethyl adjacent to an activating group) is 1. The van der Waals surface area contributed by atoms with Gasteiger partial charge >= 0.3 is 0 Å². The lowest BCUT2D eigenvalue weighted by Gasteiger charge is -2.30. The van der Waals surface area contributed by atoms with Crippen LogP contribution in [0, 0.1) is 6.92 Å². The number of carbonyl (C=O) groups excluding carboxylic acids is 2. The van der Waals surface area contributed by atoms with E-state index < -0.39 is 6.04 Å². The first kappa shape index (κ1) is 24.6. The number of rotatable bonds is 10. The Labute approximate surface area is 193 Å². The predicted octanol–water partition coefficient (Wildman–Crippen LogP) is 5.48. The lowest BCUT2D eigenvalue weighted by molar-refractivity contribution is -0.139. The van der Waals surface area contributed by atoms with Gasteiger partial charge in [-0.2, -0.15) is 0 Å². The minimum absolute atomic E-state index is 0.0559. The van der Waals surface area contributed by atoms with Crippen molar-refractivity contribution in [2.75, 3.05) is 12.3 Å². The molecule has 1 N–H and O–H groups in total. The summed E-state index contributed by atoms with van der Waals surface area (Å²) in [6.07, 6.45) is 0.556. The van der Waals surface area contributed by atoms with Crippen LogP contribution in [0.25, 0.3) is 0 Å². The largest absolute Gasteiger partial charge is 0.355 e. The summed E-state index contributed by atoms with van der Waals surface area (Å²) >= 11 is 13.5. The molecule has 0 heterocycles. The van der Waals surface area contributed by atoms with Crippen molar-refractivity contribution in [3.63, 3.8) is 0 Å². The fraction of sp³-hybridized carbons (Fsp3) is 0.391. The summed E-state index contributed by atoms with van der Waals surface area (Å²) in [6.45, 7) is 6.77. The van der Waals surface area contributed by atoms with Crippen molar-refractivity contribution in [1.29, 1.82) is 0 Å². The SMILES string of the molecule is CCNC(=O)[C@@H](CC)N(Cc1cccc(C)c1)C(=O)CSCc1ccc(Cl)c(Cl)c1. The predicted molar refractivity (Wildman–Crippen MR) is 127 cm³/mol. The standard InChI is InChI=1S/C23H28Cl2N2O2S/c1-4-21(23(29)26-5-2)27(13-17-8-6-7-16(3)11-17)22(28)15-30-14-18-9-10-19(24)20(25)12-18/h6-12,21H,4-5,13-15H2,1-3H3,(H,26,29)/t21-/m1/s1. The molecule has 0 radical (unpaired) electrons. The van der Waals surface area contributed by atoms with Gasteiger partial charge in [-0.05, 0) is 43.5 Å². The Kier molecular flexibility index (Phi) is 10.0. The molecule has 162 valence electrons. The Bertz CT molecular complexity index is 876. The van der Waals surface area contributed by atoms with Crippen LogP contribution in [0.4, 0.5) is 0 Å². The third-order valence-corrected chi connectivity index (χ3v) is 6.38. The number of amides is 2. The van der Waals surface area contributed by atoms with E-state index in [2.05, 4.69) is 5.32 Å². The van der Waals surface area contributed by atoms with E-state index in [1.165, 1.54) is 11.8 Å². The molecule has 0 fully saturated rings. The third kappa shape index (κ3) is 7.22. The van der Waals surface area contributed by atoms with Gasteiger partial charge in [-0.15, -0.1) is 11.8 Å². The van der Waals surface area contributed by atoms with Gasteiger partial charge in [-0.1, -0.05) is 66.0 Å². The lowest BCUT2D eigenvalue weighted by atomic mass is 10.1. The number of hydrogen-bond acceptors (Lipinski definition) is 3. The molecule has 0 saturated heterocycles. The number of halogens is 2. The molecule has 0 aromatic heterocycles. The first-order chi connectivity index (χ1) is 14.3. The third-order valence-electron chi connectivity index (χ3n) is 4.65. The number of nitrogens with one attached hydrogen (secondary N) is 1. The van der Waals surface area contributed by atoms with Crippen molar-refractivity contribution < 1.29 is 9.59 Å². The maximum atomic E-state index is 13.1. The van der Waals surface area contributed by atoms with Gasteiger partial charge in [0.2, 0.25) is 11.8 Å². The summed E-state index contributed by atoms with van der Waals surface area (Å²) in [5.74, 6) is 0.746. The normalized spacial score (nSPS) is 11.8. The first-order valence-electron chi connectivity index (χ1n) is 10.00. The summed E-state index contributed by atoms with van der Waals surface area (Å²) in [4.78, 5) is 27.4. The minimum atomic E-state index is -0.497. The van der Waals surface area contributed by atoms with E-state index in [4.69, 9.17) is 23.2 Å². The molecule has 0 saturated carbocycles. The van der Waals surface area contributed by atoms with Crippen LogP contribution in [0.3, 0.4) is 0 Å². The number of thioether (sulfide) groups is 1. The van der Waals surface area contributed by atoms with E-state index >= 15 is 0 Å². The average molecular weight is 467 g/mol. The first-order valence-corrected chi connectivity index (χ1v) is 11.9. The highest BCUT2D eigenvalue weighted by molar-refractivity contribution is 7.99. The average Bonchev–Trinajstić information content (AvgIpc) is 2.70. The van der Waals surface area contributed by atoms with E-state index in [-0.39, 0.29) is 17.6 Å². The topological polar surface area (TPSA) is 49.4 Å². The number of aryl methyl sites for hydroxylation is 1. The Morgan fingerprint density at radius 1 is 1.07 bits per heavy atom. The molecule has 4 nitrogen and oxygen atoms in total. The molecule has 1 atom stereocenters. The molecule has 7 heteroatoms. The minimum Gasteiger partial charge on any atom is -0.355 e. The zero-order chi connectivity index (χ0) is 22.1. The highest BCUT2D eigenvalue weighted by atomic mass is 35.5. The molecular weight excluding hydrogens is 439 g/mol. The van der Waals surface area contributed by atoms with Crippen LogP contribution in [0.5, 0.6) is 0 Å². The Morgan fingerprint density at radius 2 is 1.83 bits per heavy atom. The lowest BCUT2D eigenvalue weighted by Crippen LogP contribution is -2.49. The number of hydrogen-bond donors (Lipinski definition) is 1. The van der Waals surface area contributed by atoms with E-state index in [0.717, 1.165) is 16.7 Å². The van der Waals surface area contributed by atoms with Crippen LogP contribution in [0.2, 0.25) is 10.0 Å². The van der Waals surface area contributed by atoms with Crippen LogP contribution in [-0.2, 0) is 21.9 Å². The molecule has 2 aromatic rings. The highest BCUT2D eigenvalue weighted by Gasteiger charge is 2.28. The maximum absolute atomic E-state index is 13.1. The Hall–Kier alpha value is -1.69. The Balaban J connectivity index is 2.11. The van der Waals surface area contributed by atoms with Crippen molar-refractivity contribution in [1.82, 2.24) is 10.2 Å². The number of carbonyl (C=O) groups is 2. The molecule has 0 aliphatic heterocycles. The second kappa shape index (κ2) is 12.2. The fourth-order valence-electron chi connectivity index (χ4n) is 3.19. The van der Waals surface area contributed by atoms with Gasteiger partial charge in [0.1, 0.15) is 6.04 Å². The number of benzene rings is 2. The second-order valence-electron chi connectivity index (χ2n) is 7.07. The zero-order valence-electron chi connectivity index (χ0n) is 17.6. The van der Waals surface area contributed by atoms with Crippen LogP contribution in [-0.4, -0.2) is 35.1 Å². The maximum Gasteiger partial charge on any atom is 0.242 e. The van der Waals surface area contributed by atoms with Gasteiger partial charge in [0.25, 0.3) is 0 Å². The van der Waals surface area contributed by atoms with Gasteiger partial charge in [-0.3, -0.25) is 9.59 Å². The van der Waals surface area contributed by atoms with Crippen molar-refractivity contribution in [2.45, 2.75) is 45.5 Å². The molecule has 2 aromatic carbocycles. The van der Waals surface area contributed by atoms with Crippen LogP contribution < -0.4 is 5.32 Å². The molecule has 0 bridgehead atoms. The van der Waals surface area contributed by atoms with Crippen LogP contribution >= 0.6 is 35.0 Å². The summed E-state index contributed by atoms with van der Waals surface area (Å²) < 4.78 is 0. The van der Waals surface area contributed by atoms with Crippen molar-refractivity contribution in [2.24, 2.45) is 0 Å². The molecule has 0 aliphatic carbocycles. The van der Waals surface area contributed by atoms with Gasteiger partial charge in [0.05, 0.1) is 15.8 Å². The zero-order valence-corrected chi connectivity index (χ0v) is 19.9.